The molecular weight excluding hydrogens is 214 g/mol. The molecule has 2 fully saturated rings. The van der Waals surface area contributed by atoms with E-state index in [1.165, 1.54) is 0 Å². The number of rotatable bonds is 2. The lowest BCUT2D eigenvalue weighted by Gasteiger charge is -2.35. The normalized spacial score (nSPS) is 33.3. The van der Waals surface area contributed by atoms with Gasteiger partial charge in [0, 0.05) is 38.8 Å². The van der Waals surface area contributed by atoms with Crippen LogP contribution in [0.2, 0.25) is 0 Å². The van der Waals surface area contributed by atoms with E-state index in [2.05, 4.69) is 17.3 Å². The van der Waals surface area contributed by atoms with Crippen molar-refractivity contribution in [3.05, 3.63) is 0 Å². The number of nitrogens with one attached hydrogen (secondary N) is 1. The highest BCUT2D eigenvalue weighted by Crippen LogP contribution is 2.15. The third-order valence-electron chi connectivity index (χ3n) is 3.26. The zero-order valence-electron chi connectivity index (χ0n) is 9.15. The summed E-state index contributed by atoms with van der Waals surface area (Å²) in [5.74, 6) is 0.330. The van der Waals surface area contributed by atoms with Crippen molar-refractivity contribution in [2.24, 2.45) is 0 Å². The molecule has 5 nitrogen and oxygen atoms in total. The van der Waals surface area contributed by atoms with Gasteiger partial charge < -0.3 is 5.32 Å². The number of hydrogen-bond acceptors (Lipinski definition) is 4. The molecule has 6 heteroatoms. The first-order valence-electron chi connectivity index (χ1n) is 5.48. The molecule has 2 heterocycles. The highest BCUT2D eigenvalue weighted by molar-refractivity contribution is 7.89. The van der Waals surface area contributed by atoms with Crippen LogP contribution in [-0.4, -0.2) is 69.2 Å². The van der Waals surface area contributed by atoms with Crippen molar-refractivity contribution in [1.29, 1.82) is 0 Å². The Morgan fingerprint density at radius 2 is 2.20 bits per heavy atom. The van der Waals surface area contributed by atoms with Crippen LogP contribution < -0.4 is 5.32 Å². The summed E-state index contributed by atoms with van der Waals surface area (Å²) in [6.45, 7) is 4.24. The van der Waals surface area contributed by atoms with Crippen molar-refractivity contribution in [3.63, 3.8) is 0 Å². The van der Waals surface area contributed by atoms with Crippen LogP contribution in [-0.2, 0) is 10.0 Å². The largest absolute Gasteiger partial charge is 0.314 e. The Kier molecular flexibility index (Phi) is 3.30. The van der Waals surface area contributed by atoms with Gasteiger partial charge in [-0.3, -0.25) is 4.90 Å². The minimum Gasteiger partial charge on any atom is -0.314 e. The topological polar surface area (TPSA) is 52.6 Å². The molecule has 0 aromatic carbocycles. The highest BCUT2D eigenvalue weighted by Gasteiger charge is 2.31. The second-order valence-electron chi connectivity index (χ2n) is 4.37. The Labute approximate surface area is 91.5 Å². The molecule has 2 saturated heterocycles. The Hall–Kier alpha value is -0.170. The molecule has 1 atom stereocenters. The van der Waals surface area contributed by atoms with E-state index in [0.717, 1.165) is 26.1 Å². The number of nitrogens with zero attached hydrogens (tertiary/aromatic N) is 2. The van der Waals surface area contributed by atoms with Crippen molar-refractivity contribution in [2.75, 3.05) is 45.5 Å². The van der Waals surface area contributed by atoms with Gasteiger partial charge in [-0.15, -0.1) is 0 Å². The lowest BCUT2D eigenvalue weighted by atomic mass is 10.2. The lowest BCUT2D eigenvalue weighted by molar-refractivity contribution is 0.175. The lowest BCUT2D eigenvalue weighted by Crippen LogP contribution is -2.54. The third-order valence-corrected chi connectivity index (χ3v) is 5.19. The van der Waals surface area contributed by atoms with E-state index in [0.29, 0.717) is 24.9 Å². The summed E-state index contributed by atoms with van der Waals surface area (Å²) in [6, 6.07) is 0.326. The van der Waals surface area contributed by atoms with Gasteiger partial charge in [-0.25, -0.2) is 12.7 Å². The molecule has 0 saturated carbocycles. The summed E-state index contributed by atoms with van der Waals surface area (Å²) in [5.41, 5.74) is 0. The maximum absolute atomic E-state index is 11.6. The molecule has 2 rings (SSSR count). The molecule has 0 radical (unpaired) electrons. The first-order chi connectivity index (χ1) is 7.09. The molecule has 15 heavy (non-hydrogen) atoms. The van der Waals surface area contributed by atoms with E-state index < -0.39 is 10.0 Å². The number of piperazine rings is 1. The van der Waals surface area contributed by atoms with E-state index in [1.54, 1.807) is 4.31 Å². The van der Waals surface area contributed by atoms with E-state index in [4.69, 9.17) is 0 Å². The van der Waals surface area contributed by atoms with Crippen molar-refractivity contribution in [3.8, 4) is 0 Å². The molecule has 2 aliphatic rings. The molecule has 0 aromatic heterocycles. The summed E-state index contributed by atoms with van der Waals surface area (Å²) in [4.78, 5) is 2.24. The summed E-state index contributed by atoms with van der Waals surface area (Å²) in [7, 11) is -0.867. The minimum atomic E-state index is -2.93. The first kappa shape index (κ1) is 11.3. The van der Waals surface area contributed by atoms with Crippen LogP contribution in [0.4, 0.5) is 0 Å². The number of sulfonamides is 1. The van der Waals surface area contributed by atoms with Crippen molar-refractivity contribution in [2.45, 2.75) is 12.5 Å². The summed E-state index contributed by atoms with van der Waals surface area (Å²) in [6.07, 6.45) is 0.784. The van der Waals surface area contributed by atoms with Gasteiger partial charge in [0.25, 0.3) is 0 Å². The van der Waals surface area contributed by atoms with Crippen LogP contribution >= 0.6 is 0 Å². The smallest absolute Gasteiger partial charge is 0.214 e. The predicted molar refractivity (Wildman–Crippen MR) is 59.3 cm³/mol. The fourth-order valence-corrected chi connectivity index (χ4v) is 3.76. The maximum Gasteiger partial charge on any atom is 0.214 e. The van der Waals surface area contributed by atoms with Crippen molar-refractivity contribution in [1.82, 2.24) is 14.5 Å². The van der Waals surface area contributed by atoms with Gasteiger partial charge in [-0.1, -0.05) is 0 Å². The van der Waals surface area contributed by atoms with Gasteiger partial charge in [0.2, 0.25) is 10.0 Å². The molecule has 0 aromatic rings. The van der Waals surface area contributed by atoms with Crippen LogP contribution in [0.15, 0.2) is 0 Å². The van der Waals surface area contributed by atoms with Crippen LogP contribution in [0.1, 0.15) is 6.42 Å². The Bertz CT molecular complexity index is 317. The van der Waals surface area contributed by atoms with Gasteiger partial charge >= 0.3 is 0 Å². The maximum atomic E-state index is 11.6. The zero-order chi connectivity index (χ0) is 10.9. The summed E-state index contributed by atoms with van der Waals surface area (Å²) >= 11 is 0. The first-order valence-corrected chi connectivity index (χ1v) is 7.09. The quantitative estimate of drug-likeness (QED) is 0.659. The monoisotopic (exact) mass is 233 g/mol. The Morgan fingerprint density at radius 3 is 2.80 bits per heavy atom. The average molecular weight is 233 g/mol. The summed E-state index contributed by atoms with van der Waals surface area (Å²) < 4.78 is 24.9. The fraction of sp³-hybridized carbons (Fsp3) is 1.00. The van der Waals surface area contributed by atoms with E-state index in [9.17, 15) is 8.42 Å². The van der Waals surface area contributed by atoms with Crippen LogP contribution in [0.25, 0.3) is 0 Å². The van der Waals surface area contributed by atoms with Crippen LogP contribution in [0.3, 0.4) is 0 Å². The highest BCUT2D eigenvalue weighted by atomic mass is 32.2. The minimum absolute atomic E-state index is 0.326. The molecule has 88 valence electrons. The summed E-state index contributed by atoms with van der Waals surface area (Å²) in [5, 5.41) is 3.30. The molecule has 1 unspecified atom stereocenters. The fourth-order valence-electron chi connectivity index (χ4n) is 2.20. The average Bonchev–Trinajstić information content (AvgIpc) is 2.50. The van der Waals surface area contributed by atoms with Gasteiger partial charge in [-0.2, -0.15) is 0 Å². The molecule has 0 amide bonds. The molecule has 1 N–H and O–H groups in total. The van der Waals surface area contributed by atoms with Gasteiger partial charge in [0.1, 0.15) is 0 Å². The van der Waals surface area contributed by atoms with Gasteiger partial charge in [-0.05, 0) is 13.5 Å². The Morgan fingerprint density at radius 1 is 1.40 bits per heavy atom. The van der Waals surface area contributed by atoms with Crippen molar-refractivity contribution < 1.29 is 8.42 Å². The van der Waals surface area contributed by atoms with E-state index >= 15 is 0 Å². The standard InChI is InChI=1S/C9H19N3O2S/c1-11-5-3-10-7-9(11)8-12-4-2-6-15(12,13)14/h9-10H,2-8H2,1H3. The molecule has 2 aliphatic heterocycles. The SMILES string of the molecule is CN1CCNCC1CN1CCCS1(=O)=O. The van der Waals surface area contributed by atoms with E-state index in [1.807, 2.05) is 0 Å². The molecule has 0 aliphatic carbocycles. The third kappa shape index (κ3) is 2.50. The van der Waals surface area contributed by atoms with Gasteiger partial charge in [0.05, 0.1) is 5.75 Å². The molecule has 0 bridgehead atoms. The number of likely N-dealkylation sites (N-methyl/N-ethyl adjacent to an activating group) is 1. The van der Waals surface area contributed by atoms with Crippen LogP contribution in [0, 0.1) is 0 Å². The molecular formula is C9H19N3O2S. The zero-order valence-corrected chi connectivity index (χ0v) is 9.96. The number of hydrogen-bond donors (Lipinski definition) is 1. The van der Waals surface area contributed by atoms with E-state index in [-0.39, 0.29) is 0 Å². The second kappa shape index (κ2) is 4.37. The second-order valence-corrected chi connectivity index (χ2v) is 6.45. The van der Waals surface area contributed by atoms with Crippen LogP contribution in [0.5, 0.6) is 0 Å². The van der Waals surface area contributed by atoms with Gasteiger partial charge in [0.15, 0.2) is 0 Å². The predicted octanol–water partition coefficient (Wildman–Crippen LogP) is -1.07. The molecule has 0 spiro atoms. The Balaban J connectivity index is 1.96. The van der Waals surface area contributed by atoms with Crippen molar-refractivity contribution >= 4 is 10.0 Å².